The molecule has 1 aliphatic rings. The summed E-state index contributed by atoms with van der Waals surface area (Å²) in [6.45, 7) is 5.51. The van der Waals surface area contributed by atoms with Crippen molar-refractivity contribution in [3.63, 3.8) is 0 Å². The first kappa shape index (κ1) is 16.1. The van der Waals surface area contributed by atoms with Gasteiger partial charge in [-0.1, -0.05) is 13.8 Å². The van der Waals surface area contributed by atoms with Crippen molar-refractivity contribution in [3.8, 4) is 5.75 Å². The van der Waals surface area contributed by atoms with Gasteiger partial charge in [0.05, 0.1) is 12.8 Å². The van der Waals surface area contributed by atoms with E-state index in [4.69, 9.17) is 10.5 Å². The molecule has 0 aliphatic carbocycles. The molecule has 2 N–H and O–H groups in total. The van der Waals surface area contributed by atoms with Gasteiger partial charge in [0.15, 0.2) is 0 Å². The molecule has 1 saturated heterocycles. The zero-order chi connectivity index (χ0) is 15.6. The zero-order valence-corrected chi connectivity index (χ0v) is 13.7. The molecular weight excluding hydrogens is 288 g/mol. The Hall–Kier alpha value is -1.27. The summed E-state index contributed by atoms with van der Waals surface area (Å²) >= 11 is 0. The molecule has 5 nitrogen and oxygen atoms in total. The van der Waals surface area contributed by atoms with Crippen molar-refractivity contribution in [3.05, 3.63) is 18.2 Å². The fraction of sp³-hybridized carbons (Fsp3) is 0.600. The Morgan fingerprint density at radius 1 is 1.29 bits per heavy atom. The summed E-state index contributed by atoms with van der Waals surface area (Å²) in [4.78, 5) is 0.172. The second-order valence-electron chi connectivity index (χ2n) is 5.89. The van der Waals surface area contributed by atoms with E-state index in [0.717, 1.165) is 12.8 Å². The van der Waals surface area contributed by atoms with Crippen LogP contribution in [0.1, 0.15) is 26.7 Å². The van der Waals surface area contributed by atoms with Gasteiger partial charge in [0, 0.05) is 19.2 Å². The fourth-order valence-corrected chi connectivity index (χ4v) is 4.38. The van der Waals surface area contributed by atoms with Crippen molar-refractivity contribution in [1.29, 1.82) is 0 Å². The van der Waals surface area contributed by atoms with Crippen molar-refractivity contribution in [2.45, 2.75) is 31.6 Å². The third-order valence-electron chi connectivity index (χ3n) is 4.28. The fourth-order valence-electron chi connectivity index (χ4n) is 2.81. The van der Waals surface area contributed by atoms with E-state index in [1.165, 1.54) is 13.2 Å². The summed E-state index contributed by atoms with van der Waals surface area (Å²) < 4.78 is 32.0. The Bertz CT molecular complexity index is 591. The van der Waals surface area contributed by atoms with E-state index < -0.39 is 10.0 Å². The minimum absolute atomic E-state index is 0.172. The minimum Gasteiger partial charge on any atom is -0.497 e. The average Bonchev–Trinajstić information content (AvgIpc) is 2.46. The molecule has 1 heterocycles. The maximum absolute atomic E-state index is 12.7. The van der Waals surface area contributed by atoms with Gasteiger partial charge in [-0.3, -0.25) is 0 Å². The summed E-state index contributed by atoms with van der Waals surface area (Å²) in [5, 5.41) is 0. The molecule has 0 radical (unpaired) electrons. The predicted molar refractivity (Wildman–Crippen MR) is 83.7 cm³/mol. The van der Waals surface area contributed by atoms with Crippen LogP contribution < -0.4 is 10.5 Å². The van der Waals surface area contributed by atoms with Crippen LogP contribution in [0.25, 0.3) is 0 Å². The van der Waals surface area contributed by atoms with E-state index in [1.807, 2.05) is 0 Å². The summed E-state index contributed by atoms with van der Waals surface area (Å²) in [5.41, 5.74) is 6.12. The first-order valence-electron chi connectivity index (χ1n) is 7.30. The van der Waals surface area contributed by atoms with E-state index >= 15 is 0 Å². The van der Waals surface area contributed by atoms with Gasteiger partial charge in [0.25, 0.3) is 0 Å². The van der Waals surface area contributed by atoms with E-state index in [2.05, 4.69) is 13.8 Å². The molecule has 0 unspecified atom stereocenters. The van der Waals surface area contributed by atoms with Crippen LogP contribution in [-0.4, -0.2) is 32.9 Å². The molecule has 118 valence electrons. The van der Waals surface area contributed by atoms with Gasteiger partial charge in [-0.2, -0.15) is 4.31 Å². The molecule has 6 heteroatoms. The summed E-state index contributed by atoms with van der Waals surface area (Å²) in [5.74, 6) is 1.76. The second-order valence-corrected chi connectivity index (χ2v) is 7.80. The Kier molecular flexibility index (Phi) is 4.78. The van der Waals surface area contributed by atoms with Crippen LogP contribution in [0, 0.1) is 11.8 Å². The third kappa shape index (κ3) is 3.32. The van der Waals surface area contributed by atoms with Gasteiger partial charge in [0.2, 0.25) is 10.0 Å². The average molecular weight is 312 g/mol. The first-order valence-corrected chi connectivity index (χ1v) is 8.74. The lowest BCUT2D eigenvalue weighted by Gasteiger charge is -2.33. The highest BCUT2D eigenvalue weighted by atomic mass is 32.2. The van der Waals surface area contributed by atoms with Gasteiger partial charge in [-0.25, -0.2) is 8.42 Å². The second kappa shape index (κ2) is 6.23. The molecule has 2 rings (SSSR count). The van der Waals surface area contributed by atoms with E-state index in [0.29, 0.717) is 30.7 Å². The van der Waals surface area contributed by atoms with Crippen LogP contribution in [0.4, 0.5) is 5.69 Å². The summed E-state index contributed by atoms with van der Waals surface area (Å²) in [6.07, 6.45) is 1.82. The van der Waals surface area contributed by atoms with Crippen molar-refractivity contribution >= 4 is 15.7 Å². The predicted octanol–water partition coefficient (Wildman–Crippen LogP) is 2.33. The number of hydrogen-bond donors (Lipinski definition) is 1. The van der Waals surface area contributed by atoms with Gasteiger partial charge in [-0.15, -0.1) is 0 Å². The number of benzene rings is 1. The molecule has 1 fully saturated rings. The van der Waals surface area contributed by atoms with Crippen LogP contribution in [-0.2, 0) is 10.0 Å². The van der Waals surface area contributed by atoms with Gasteiger partial charge >= 0.3 is 0 Å². The molecular formula is C15H24N2O3S. The molecule has 0 bridgehead atoms. The van der Waals surface area contributed by atoms with E-state index in [9.17, 15) is 8.42 Å². The maximum Gasteiger partial charge on any atom is 0.245 e. The van der Waals surface area contributed by atoms with Crippen molar-refractivity contribution in [2.24, 2.45) is 11.8 Å². The highest BCUT2D eigenvalue weighted by Gasteiger charge is 2.31. The van der Waals surface area contributed by atoms with Crippen LogP contribution in [0.3, 0.4) is 0 Å². The van der Waals surface area contributed by atoms with Gasteiger partial charge in [0.1, 0.15) is 10.6 Å². The number of nitrogen functional groups attached to an aromatic ring is 1. The molecule has 1 aromatic rings. The van der Waals surface area contributed by atoms with Crippen molar-refractivity contribution < 1.29 is 13.2 Å². The normalized spacial score (nSPS) is 18.1. The molecule has 0 saturated carbocycles. The lowest BCUT2D eigenvalue weighted by Crippen LogP contribution is -2.39. The zero-order valence-electron chi connectivity index (χ0n) is 12.9. The molecule has 0 spiro atoms. The monoisotopic (exact) mass is 312 g/mol. The number of methoxy groups -OCH3 is 1. The summed E-state index contributed by atoms with van der Waals surface area (Å²) in [6, 6.07) is 4.70. The Morgan fingerprint density at radius 3 is 2.38 bits per heavy atom. The van der Waals surface area contributed by atoms with Crippen LogP contribution >= 0.6 is 0 Å². The van der Waals surface area contributed by atoms with Crippen LogP contribution in [0.2, 0.25) is 0 Å². The number of sulfonamides is 1. The van der Waals surface area contributed by atoms with Gasteiger partial charge in [-0.05, 0) is 36.8 Å². The number of hydrogen-bond acceptors (Lipinski definition) is 4. The number of piperidine rings is 1. The number of nitrogens with two attached hydrogens (primary N) is 1. The SMILES string of the molecule is COc1ccc(S(=O)(=O)N2CCC(C(C)C)CC2)c(N)c1. The maximum atomic E-state index is 12.7. The highest BCUT2D eigenvalue weighted by molar-refractivity contribution is 7.89. The number of ether oxygens (including phenoxy) is 1. The largest absolute Gasteiger partial charge is 0.497 e. The quantitative estimate of drug-likeness (QED) is 0.866. The Morgan fingerprint density at radius 2 is 1.90 bits per heavy atom. The van der Waals surface area contributed by atoms with E-state index in [-0.39, 0.29) is 10.6 Å². The minimum atomic E-state index is -3.51. The molecule has 21 heavy (non-hydrogen) atoms. The molecule has 1 aliphatic heterocycles. The van der Waals surface area contributed by atoms with Crippen LogP contribution in [0.15, 0.2) is 23.1 Å². The van der Waals surface area contributed by atoms with Crippen molar-refractivity contribution in [1.82, 2.24) is 4.31 Å². The number of nitrogens with zero attached hydrogens (tertiary/aromatic N) is 1. The molecule has 0 aromatic heterocycles. The third-order valence-corrected chi connectivity index (χ3v) is 6.25. The molecule has 0 atom stereocenters. The smallest absolute Gasteiger partial charge is 0.245 e. The standard InChI is InChI=1S/C15H24N2O3S/c1-11(2)12-6-8-17(9-7-12)21(18,19)15-5-4-13(20-3)10-14(15)16/h4-5,10-12H,6-9,16H2,1-3H3. The lowest BCUT2D eigenvalue weighted by atomic mass is 9.87. The number of anilines is 1. The van der Waals surface area contributed by atoms with Crippen LogP contribution in [0.5, 0.6) is 5.75 Å². The number of rotatable bonds is 4. The first-order chi connectivity index (χ1) is 9.86. The lowest BCUT2D eigenvalue weighted by molar-refractivity contribution is 0.226. The molecule has 0 amide bonds. The van der Waals surface area contributed by atoms with Gasteiger partial charge < -0.3 is 10.5 Å². The topological polar surface area (TPSA) is 72.6 Å². The Balaban J connectivity index is 2.19. The Labute approximate surface area is 127 Å². The van der Waals surface area contributed by atoms with E-state index in [1.54, 1.807) is 16.4 Å². The van der Waals surface area contributed by atoms with Crippen molar-refractivity contribution in [2.75, 3.05) is 25.9 Å². The molecule has 1 aromatic carbocycles. The summed E-state index contributed by atoms with van der Waals surface area (Å²) in [7, 11) is -1.99. The highest BCUT2D eigenvalue weighted by Crippen LogP contribution is 2.31.